The molecule has 0 aliphatic carbocycles. The topological polar surface area (TPSA) is 110 Å². The van der Waals surface area contributed by atoms with Gasteiger partial charge in [-0.05, 0) is 5.56 Å². The fourth-order valence-corrected chi connectivity index (χ4v) is 1.08. The highest BCUT2D eigenvalue weighted by Gasteiger charge is 2.34. The Kier molecular flexibility index (Phi) is 4.19. The smallest absolute Gasteiger partial charge is 0.351 e. The van der Waals surface area contributed by atoms with E-state index < -0.39 is 24.1 Å². The zero-order valence-electron chi connectivity index (χ0n) is 9.00. The van der Waals surface area contributed by atoms with E-state index in [4.69, 9.17) is 20.7 Å². The second-order valence-electron chi connectivity index (χ2n) is 3.55. The first-order valence-electron chi connectivity index (χ1n) is 4.86. The fraction of sp³-hybridized carbons (Fsp3) is 0.273. The van der Waals surface area contributed by atoms with Gasteiger partial charge in [0.05, 0.1) is 6.42 Å². The molecule has 6 heteroatoms. The summed E-state index contributed by atoms with van der Waals surface area (Å²) in [6.45, 7) is 0.00930. The van der Waals surface area contributed by atoms with Crippen molar-refractivity contribution in [2.45, 2.75) is 18.8 Å². The molecule has 92 valence electrons. The molecule has 0 bridgehead atoms. The lowest BCUT2D eigenvalue weighted by Gasteiger charge is -2.16. The monoisotopic (exact) mass is 239 g/mol. The Morgan fingerprint density at radius 2 is 1.88 bits per heavy atom. The molecule has 0 aliphatic rings. The van der Waals surface area contributed by atoms with Crippen LogP contribution in [0.4, 0.5) is 0 Å². The van der Waals surface area contributed by atoms with Gasteiger partial charge >= 0.3 is 11.9 Å². The zero-order valence-corrected chi connectivity index (χ0v) is 9.00. The van der Waals surface area contributed by atoms with E-state index in [1.54, 1.807) is 24.3 Å². The van der Waals surface area contributed by atoms with Crippen molar-refractivity contribution in [3.05, 3.63) is 35.9 Å². The highest BCUT2D eigenvalue weighted by molar-refractivity contribution is 5.83. The standard InChI is InChI=1S/C11H13NO5/c12-11(16,10(14)15)6-9(13)17-7-8-4-2-1-3-5-8/h1-5,16H,6-7,12H2,(H,14,15)/t11-/m1/s1. The number of esters is 1. The summed E-state index contributed by atoms with van der Waals surface area (Å²) in [5.74, 6) is -2.55. The number of nitrogens with two attached hydrogens (primary N) is 1. The SMILES string of the molecule is N[C@@](O)(CC(=O)OCc1ccccc1)C(=O)O. The normalized spacial score (nSPS) is 13.8. The van der Waals surface area contributed by atoms with Crippen molar-refractivity contribution in [3.63, 3.8) is 0 Å². The van der Waals surface area contributed by atoms with E-state index in [0.29, 0.717) is 0 Å². The van der Waals surface area contributed by atoms with E-state index >= 15 is 0 Å². The summed E-state index contributed by atoms with van der Waals surface area (Å²) >= 11 is 0. The van der Waals surface area contributed by atoms with Gasteiger partial charge in [-0.1, -0.05) is 30.3 Å². The van der Waals surface area contributed by atoms with Crippen molar-refractivity contribution in [1.82, 2.24) is 0 Å². The third-order valence-corrected chi connectivity index (χ3v) is 2.03. The highest BCUT2D eigenvalue weighted by atomic mass is 16.5. The average Bonchev–Trinajstić information content (AvgIpc) is 2.27. The van der Waals surface area contributed by atoms with Crippen LogP contribution in [0.25, 0.3) is 0 Å². The number of carbonyl (C=O) groups excluding carboxylic acids is 1. The summed E-state index contributed by atoms with van der Waals surface area (Å²) in [5.41, 5.74) is 3.16. The summed E-state index contributed by atoms with van der Waals surface area (Å²) in [6.07, 6.45) is -0.796. The second-order valence-corrected chi connectivity index (χ2v) is 3.55. The van der Waals surface area contributed by atoms with Crippen LogP contribution < -0.4 is 5.73 Å². The first-order chi connectivity index (χ1) is 7.92. The maximum Gasteiger partial charge on any atom is 0.351 e. The number of ether oxygens (including phenoxy) is 1. The number of carboxylic acid groups (broad SMARTS) is 1. The number of aliphatic hydroxyl groups is 1. The summed E-state index contributed by atoms with van der Waals surface area (Å²) in [4.78, 5) is 21.7. The molecule has 0 radical (unpaired) electrons. The van der Waals surface area contributed by atoms with E-state index in [2.05, 4.69) is 0 Å². The van der Waals surface area contributed by atoms with E-state index in [-0.39, 0.29) is 6.61 Å². The minimum atomic E-state index is -2.59. The second kappa shape index (κ2) is 5.42. The Labute approximate surface area is 97.6 Å². The molecule has 0 fully saturated rings. The predicted molar refractivity (Wildman–Crippen MR) is 57.6 cm³/mol. The van der Waals surface area contributed by atoms with Crippen LogP contribution in [0.2, 0.25) is 0 Å². The Morgan fingerprint density at radius 3 is 2.41 bits per heavy atom. The molecule has 1 aromatic carbocycles. The number of aliphatic carboxylic acids is 1. The molecule has 0 saturated carbocycles. The van der Waals surface area contributed by atoms with Crippen LogP contribution in [-0.2, 0) is 20.9 Å². The lowest BCUT2D eigenvalue weighted by Crippen LogP contribution is -2.49. The lowest BCUT2D eigenvalue weighted by molar-refractivity contribution is -0.167. The number of hydrogen-bond donors (Lipinski definition) is 3. The van der Waals surface area contributed by atoms with Gasteiger partial charge in [0.25, 0.3) is 0 Å². The van der Waals surface area contributed by atoms with Crippen molar-refractivity contribution in [3.8, 4) is 0 Å². The van der Waals surface area contributed by atoms with Gasteiger partial charge in [0.15, 0.2) is 0 Å². The molecular formula is C11H13NO5. The van der Waals surface area contributed by atoms with E-state index in [1.807, 2.05) is 6.07 Å². The quantitative estimate of drug-likeness (QED) is 0.487. The van der Waals surface area contributed by atoms with E-state index in [0.717, 1.165) is 5.56 Å². The first kappa shape index (κ1) is 13.1. The third-order valence-electron chi connectivity index (χ3n) is 2.03. The average molecular weight is 239 g/mol. The highest BCUT2D eigenvalue weighted by Crippen LogP contribution is 2.06. The van der Waals surface area contributed by atoms with Crippen molar-refractivity contribution in [1.29, 1.82) is 0 Å². The predicted octanol–water partition coefficient (Wildman–Crippen LogP) is -0.148. The minimum Gasteiger partial charge on any atom is -0.478 e. The molecule has 0 amide bonds. The van der Waals surface area contributed by atoms with Gasteiger partial charge in [-0.3, -0.25) is 10.5 Å². The molecule has 0 unspecified atom stereocenters. The van der Waals surface area contributed by atoms with Crippen molar-refractivity contribution < 1.29 is 24.5 Å². The van der Waals surface area contributed by atoms with Crippen LogP contribution in [-0.4, -0.2) is 27.9 Å². The molecule has 17 heavy (non-hydrogen) atoms. The Balaban J connectivity index is 2.44. The minimum absolute atomic E-state index is 0.00930. The number of carbonyl (C=O) groups is 2. The Bertz CT molecular complexity index is 402. The molecule has 0 saturated heterocycles. The number of hydrogen-bond acceptors (Lipinski definition) is 5. The van der Waals surface area contributed by atoms with Crippen LogP contribution in [0.1, 0.15) is 12.0 Å². The molecule has 0 spiro atoms. The van der Waals surface area contributed by atoms with Gasteiger partial charge in [-0.2, -0.15) is 0 Å². The molecule has 1 atom stereocenters. The van der Waals surface area contributed by atoms with Crippen molar-refractivity contribution >= 4 is 11.9 Å². The van der Waals surface area contributed by atoms with Gasteiger partial charge in [0.1, 0.15) is 6.61 Å². The molecule has 1 aromatic rings. The van der Waals surface area contributed by atoms with Gasteiger partial charge in [-0.15, -0.1) is 0 Å². The first-order valence-corrected chi connectivity index (χ1v) is 4.86. The molecular weight excluding hydrogens is 226 g/mol. The summed E-state index contributed by atoms with van der Waals surface area (Å²) < 4.78 is 4.77. The summed E-state index contributed by atoms with van der Waals surface area (Å²) in [6, 6.07) is 8.87. The van der Waals surface area contributed by atoms with Crippen LogP contribution in [0, 0.1) is 0 Å². The van der Waals surface area contributed by atoms with Gasteiger partial charge in [0, 0.05) is 0 Å². The van der Waals surface area contributed by atoms with Crippen molar-refractivity contribution in [2.24, 2.45) is 5.73 Å². The summed E-state index contributed by atoms with van der Waals surface area (Å²) in [7, 11) is 0. The number of rotatable bonds is 5. The van der Waals surface area contributed by atoms with Crippen LogP contribution in [0.5, 0.6) is 0 Å². The molecule has 0 heterocycles. The van der Waals surface area contributed by atoms with Gasteiger partial charge in [0.2, 0.25) is 5.72 Å². The zero-order chi connectivity index (χ0) is 12.9. The molecule has 0 aliphatic heterocycles. The Morgan fingerprint density at radius 1 is 1.29 bits per heavy atom. The lowest BCUT2D eigenvalue weighted by atomic mass is 10.1. The largest absolute Gasteiger partial charge is 0.478 e. The molecule has 4 N–H and O–H groups in total. The van der Waals surface area contributed by atoms with E-state index in [9.17, 15) is 9.59 Å². The van der Waals surface area contributed by atoms with Crippen LogP contribution in [0.15, 0.2) is 30.3 Å². The van der Waals surface area contributed by atoms with E-state index in [1.165, 1.54) is 0 Å². The van der Waals surface area contributed by atoms with Crippen LogP contribution >= 0.6 is 0 Å². The molecule has 6 nitrogen and oxygen atoms in total. The summed E-state index contributed by atoms with van der Waals surface area (Å²) in [5, 5.41) is 17.6. The fourth-order valence-electron chi connectivity index (χ4n) is 1.08. The number of carboxylic acids is 1. The number of benzene rings is 1. The van der Waals surface area contributed by atoms with Crippen molar-refractivity contribution in [2.75, 3.05) is 0 Å². The molecule has 0 aromatic heterocycles. The molecule has 1 rings (SSSR count). The maximum absolute atomic E-state index is 11.2. The van der Waals surface area contributed by atoms with Gasteiger partial charge in [-0.25, -0.2) is 4.79 Å². The van der Waals surface area contributed by atoms with Gasteiger partial charge < -0.3 is 14.9 Å². The Hall–Kier alpha value is -1.92. The third kappa shape index (κ3) is 4.21. The maximum atomic E-state index is 11.2. The van der Waals surface area contributed by atoms with Crippen LogP contribution in [0.3, 0.4) is 0 Å².